The van der Waals surface area contributed by atoms with Crippen LogP contribution in [0.4, 0.5) is 0 Å². The van der Waals surface area contributed by atoms with Gasteiger partial charge in [0.1, 0.15) is 6.04 Å². The number of aliphatic carboxylic acids is 1. The van der Waals surface area contributed by atoms with Gasteiger partial charge in [-0.2, -0.15) is 0 Å². The van der Waals surface area contributed by atoms with E-state index in [2.05, 4.69) is 5.73 Å². The molecule has 11 heavy (non-hydrogen) atoms. The molecule has 0 radical (unpaired) electrons. The lowest BCUT2D eigenvalue weighted by atomic mass is 10.1. The molecule has 0 spiro atoms. The number of carboxylic acids is 1. The van der Waals surface area contributed by atoms with E-state index in [-0.39, 0.29) is 12.4 Å². The second kappa shape index (κ2) is 6.36. The number of aliphatic hydroxyl groups excluding tert-OH is 1. The average molecular weight is 185 g/mol. The van der Waals surface area contributed by atoms with Gasteiger partial charge in [0.15, 0.2) is 0 Å². The van der Waals surface area contributed by atoms with E-state index in [1.54, 1.807) is 0 Å². The Labute approximate surface area is 70.8 Å². The highest BCUT2D eigenvalue weighted by molar-refractivity contribution is 5.73. The maximum absolute atomic E-state index is 10.1. The van der Waals surface area contributed by atoms with Crippen molar-refractivity contribution in [1.29, 1.82) is 0 Å². The standard InChI is InChI=1S/C5H12N2O3.ClH/c6-2-1-3(8)4(7)5(9)10;/h3-4,8H,1-2,6-7H2,(H,9,10);1H/t3-,4-;/m0./s1. The molecule has 0 amide bonds. The van der Waals surface area contributed by atoms with Gasteiger partial charge in [-0.05, 0) is 0 Å². The Balaban J connectivity index is 0. The first-order valence-corrected chi connectivity index (χ1v) is 3.05. The fourth-order valence-corrected chi connectivity index (χ4v) is 0.553. The summed E-state index contributed by atoms with van der Waals surface area (Å²) in [5.41, 5.74) is 8.53. The molecule has 2 atom stereocenters. The first-order valence-electron chi connectivity index (χ1n) is 3.05. The fraction of sp³-hybridized carbons (Fsp3) is 0.800. The van der Waals surface area contributed by atoms with Crippen LogP contribution in [0.1, 0.15) is 6.42 Å². The van der Waals surface area contributed by atoms with Gasteiger partial charge in [-0.3, -0.25) is 4.79 Å². The van der Waals surface area contributed by atoms with Crippen LogP contribution in [0, 0.1) is 0 Å². The van der Waals surface area contributed by atoms with Crippen LogP contribution in [0.3, 0.4) is 0 Å². The van der Waals surface area contributed by atoms with Crippen molar-refractivity contribution in [3.8, 4) is 0 Å². The molecule has 0 aromatic rings. The van der Waals surface area contributed by atoms with Gasteiger partial charge >= 0.3 is 5.97 Å². The first-order chi connectivity index (χ1) is 4.59. The summed E-state index contributed by atoms with van der Waals surface area (Å²) in [4.78, 5) is 10.1. The van der Waals surface area contributed by atoms with E-state index in [9.17, 15) is 4.79 Å². The molecule has 68 valence electrons. The van der Waals surface area contributed by atoms with Crippen LogP contribution in [-0.2, 0) is 4.79 Å². The Hall–Kier alpha value is -0.360. The number of halogens is 1. The number of hydrogen-bond donors (Lipinski definition) is 4. The van der Waals surface area contributed by atoms with Crippen molar-refractivity contribution in [2.45, 2.75) is 18.6 Å². The van der Waals surface area contributed by atoms with Gasteiger partial charge in [0.05, 0.1) is 12.6 Å². The van der Waals surface area contributed by atoms with Crippen LogP contribution in [0.25, 0.3) is 0 Å². The molecule has 6 heteroatoms. The minimum atomic E-state index is -1.18. The summed E-state index contributed by atoms with van der Waals surface area (Å²) in [6.07, 6.45) is -0.650. The molecule has 0 unspecified atom stereocenters. The van der Waals surface area contributed by atoms with Gasteiger partial charge in [0, 0.05) is 6.42 Å². The van der Waals surface area contributed by atoms with Gasteiger partial charge in [0.2, 0.25) is 0 Å². The Morgan fingerprint density at radius 3 is 2.36 bits per heavy atom. The number of nitrogens with two attached hydrogens (primary N) is 1. The van der Waals surface area contributed by atoms with E-state index in [1.165, 1.54) is 0 Å². The van der Waals surface area contributed by atoms with Crippen LogP contribution in [0.2, 0.25) is 0 Å². The molecule has 5 nitrogen and oxygen atoms in total. The molecule has 0 aliphatic rings. The second-order valence-electron chi connectivity index (χ2n) is 2.07. The lowest BCUT2D eigenvalue weighted by Gasteiger charge is -2.11. The van der Waals surface area contributed by atoms with E-state index in [1.807, 2.05) is 0 Å². The van der Waals surface area contributed by atoms with E-state index < -0.39 is 18.1 Å². The topological polar surface area (TPSA) is 111 Å². The molecule has 0 aromatic heterocycles. The average Bonchev–Trinajstić information content (AvgIpc) is 1.87. The quantitative estimate of drug-likeness (QED) is 0.349. The summed E-state index contributed by atoms with van der Waals surface area (Å²) in [5.74, 6) is -1.18. The Kier molecular flexibility index (Phi) is 7.65. The Morgan fingerprint density at radius 1 is 1.64 bits per heavy atom. The second-order valence-corrected chi connectivity index (χ2v) is 2.07. The number of quaternary nitrogens is 1. The normalized spacial score (nSPS) is 14.8. The predicted octanol–water partition coefficient (Wildman–Crippen LogP) is -5.60. The van der Waals surface area contributed by atoms with Crippen molar-refractivity contribution in [3.05, 3.63) is 0 Å². The molecule has 7 N–H and O–H groups in total. The van der Waals surface area contributed by atoms with Gasteiger partial charge < -0.3 is 34.1 Å². The molecule has 0 aliphatic heterocycles. The van der Waals surface area contributed by atoms with Crippen molar-refractivity contribution in [2.75, 3.05) is 6.54 Å². The monoisotopic (exact) mass is 184 g/mol. The van der Waals surface area contributed by atoms with Gasteiger partial charge in [-0.1, -0.05) is 0 Å². The predicted molar refractivity (Wildman–Crippen MR) is 34.0 cm³/mol. The SMILES string of the molecule is N[C@H](C(=O)O)[C@@H](O)CC[NH3+].[Cl-]. The minimum absolute atomic E-state index is 0. The summed E-state index contributed by atoms with van der Waals surface area (Å²) in [7, 11) is 0. The lowest BCUT2D eigenvalue weighted by molar-refractivity contribution is -0.371. The zero-order valence-electron chi connectivity index (χ0n) is 6.03. The molecule has 0 bridgehead atoms. The van der Waals surface area contributed by atoms with Crippen LogP contribution >= 0.6 is 0 Å². The number of carbonyl (C=O) groups is 1. The molecular formula is C5H13ClN2O3. The fourth-order valence-electron chi connectivity index (χ4n) is 0.553. The zero-order chi connectivity index (χ0) is 8.15. The van der Waals surface area contributed by atoms with E-state index >= 15 is 0 Å². The van der Waals surface area contributed by atoms with Crippen molar-refractivity contribution in [1.82, 2.24) is 0 Å². The van der Waals surface area contributed by atoms with Crippen LogP contribution < -0.4 is 23.9 Å². The third-order valence-electron chi connectivity index (χ3n) is 1.20. The largest absolute Gasteiger partial charge is 1.00 e. The highest BCUT2D eigenvalue weighted by Gasteiger charge is 2.21. The number of carboxylic acid groups (broad SMARTS) is 1. The summed E-state index contributed by atoms with van der Waals surface area (Å²) >= 11 is 0. The van der Waals surface area contributed by atoms with Crippen molar-refractivity contribution in [3.63, 3.8) is 0 Å². The summed E-state index contributed by atoms with van der Waals surface area (Å²) in [5, 5.41) is 17.2. The van der Waals surface area contributed by atoms with E-state index in [0.717, 1.165) is 0 Å². The molecule has 0 saturated heterocycles. The third kappa shape index (κ3) is 4.97. The molecule has 0 saturated carbocycles. The highest BCUT2D eigenvalue weighted by atomic mass is 35.5. The summed E-state index contributed by atoms with van der Waals surface area (Å²) in [6.45, 7) is 0.488. The molecule has 0 rings (SSSR count). The summed E-state index contributed by atoms with van der Waals surface area (Å²) < 4.78 is 0. The van der Waals surface area contributed by atoms with Gasteiger partial charge in [-0.15, -0.1) is 0 Å². The van der Waals surface area contributed by atoms with Crippen molar-refractivity contribution < 1.29 is 33.1 Å². The van der Waals surface area contributed by atoms with Crippen molar-refractivity contribution >= 4 is 5.97 Å². The van der Waals surface area contributed by atoms with Crippen molar-refractivity contribution in [2.24, 2.45) is 5.73 Å². The van der Waals surface area contributed by atoms with Crippen LogP contribution in [-0.4, -0.2) is 34.9 Å². The highest BCUT2D eigenvalue weighted by Crippen LogP contribution is 1.93. The van der Waals surface area contributed by atoms with Gasteiger partial charge in [-0.25, -0.2) is 0 Å². The summed E-state index contributed by atoms with van der Waals surface area (Å²) in [6, 6.07) is -1.18. The Morgan fingerprint density at radius 2 is 2.09 bits per heavy atom. The first kappa shape index (κ1) is 13.2. The van der Waals surface area contributed by atoms with Gasteiger partial charge in [0.25, 0.3) is 0 Å². The maximum Gasteiger partial charge on any atom is 0.323 e. The number of rotatable bonds is 4. The molecule has 0 fully saturated rings. The van der Waals surface area contributed by atoms with Crippen LogP contribution in [0.15, 0.2) is 0 Å². The Bertz CT molecular complexity index is 122. The smallest absolute Gasteiger partial charge is 0.323 e. The maximum atomic E-state index is 10.1. The zero-order valence-corrected chi connectivity index (χ0v) is 6.79. The minimum Gasteiger partial charge on any atom is -1.00 e. The molecule has 0 aromatic carbocycles. The lowest BCUT2D eigenvalue weighted by Crippen LogP contribution is -3.00. The third-order valence-corrected chi connectivity index (χ3v) is 1.20. The number of hydrogen-bond acceptors (Lipinski definition) is 3. The van der Waals surface area contributed by atoms with Crippen LogP contribution in [0.5, 0.6) is 0 Å². The molecule has 0 aliphatic carbocycles. The molecule has 0 heterocycles. The van der Waals surface area contributed by atoms with E-state index in [0.29, 0.717) is 13.0 Å². The number of aliphatic hydroxyl groups is 1. The molecular weight excluding hydrogens is 172 g/mol. The van der Waals surface area contributed by atoms with E-state index in [4.69, 9.17) is 15.9 Å².